The van der Waals surface area contributed by atoms with Gasteiger partial charge in [-0.25, -0.2) is 4.79 Å². The SMILES string of the molecule is CCCCCCCCOC(=O)CCCCCCCC1OC1CCCCCCCC.CCCCOC(=O)CC(O)(CC(=O)OCCCC)C(=O)OCCCC.Cc1ccccc1C. The van der Waals surface area contributed by atoms with Gasteiger partial charge in [0.1, 0.15) is 0 Å². The molecule has 10 nitrogen and oxygen atoms in total. The van der Waals surface area contributed by atoms with Crippen molar-refractivity contribution < 1.29 is 48.0 Å². The van der Waals surface area contributed by atoms with Crippen LogP contribution in [0.15, 0.2) is 24.3 Å². The highest BCUT2D eigenvalue weighted by Crippen LogP contribution is 2.32. The third-order valence-corrected chi connectivity index (χ3v) is 11.1. The molecule has 1 heterocycles. The quantitative estimate of drug-likeness (QED) is 0.0300. The van der Waals surface area contributed by atoms with Gasteiger partial charge in [-0.3, -0.25) is 14.4 Å². The summed E-state index contributed by atoms with van der Waals surface area (Å²) in [7, 11) is 0. The van der Waals surface area contributed by atoms with Crippen molar-refractivity contribution in [2.75, 3.05) is 26.4 Å². The summed E-state index contributed by atoms with van der Waals surface area (Å²) in [6.07, 6.45) is 29.1. The number of aliphatic hydroxyl groups is 1. The fourth-order valence-electron chi connectivity index (χ4n) is 6.65. The highest BCUT2D eigenvalue weighted by Gasteiger charge is 2.43. The summed E-state index contributed by atoms with van der Waals surface area (Å²) in [6, 6.07) is 8.36. The van der Waals surface area contributed by atoms with E-state index in [1.54, 1.807) is 0 Å². The summed E-state index contributed by atoms with van der Waals surface area (Å²) in [5, 5.41) is 10.6. The first kappa shape index (κ1) is 59.0. The zero-order valence-electron chi connectivity index (χ0n) is 40.7. The Hall–Kier alpha value is -2.98. The Bertz CT molecular complexity index is 1200. The molecule has 0 saturated carbocycles. The summed E-state index contributed by atoms with van der Waals surface area (Å²) in [6.45, 7) is 15.7. The number of hydrogen-bond acceptors (Lipinski definition) is 10. The van der Waals surface area contributed by atoms with Crippen LogP contribution >= 0.6 is 0 Å². The van der Waals surface area contributed by atoms with Gasteiger partial charge >= 0.3 is 23.9 Å². The molecule has 0 aromatic heterocycles. The van der Waals surface area contributed by atoms with Gasteiger partial charge < -0.3 is 28.8 Å². The molecule has 1 N–H and O–H groups in total. The molecule has 1 fully saturated rings. The molecule has 10 heteroatoms. The molecule has 1 aliphatic heterocycles. The van der Waals surface area contributed by atoms with Crippen LogP contribution in [0.3, 0.4) is 0 Å². The fraction of sp³-hybridized carbons (Fsp3) is 0.808. The minimum atomic E-state index is -2.26. The van der Waals surface area contributed by atoms with Crippen molar-refractivity contribution in [3.63, 3.8) is 0 Å². The Kier molecular flexibility index (Phi) is 38.8. The number of epoxide rings is 1. The number of aryl methyl sites for hydroxylation is 2. The Balaban J connectivity index is 0.00000102. The average Bonchev–Trinajstić information content (AvgIpc) is 4.00. The highest BCUT2D eigenvalue weighted by atomic mass is 16.6. The van der Waals surface area contributed by atoms with Crippen molar-refractivity contribution in [1.82, 2.24) is 0 Å². The van der Waals surface area contributed by atoms with Crippen LogP contribution in [0, 0.1) is 13.8 Å². The second-order valence-corrected chi connectivity index (χ2v) is 17.2. The largest absolute Gasteiger partial charge is 0.466 e. The predicted octanol–water partition coefficient (Wildman–Crippen LogP) is 13.0. The maximum Gasteiger partial charge on any atom is 0.339 e. The van der Waals surface area contributed by atoms with E-state index in [-0.39, 0.29) is 25.8 Å². The van der Waals surface area contributed by atoms with E-state index in [1.807, 2.05) is 20.8 Å². The number of carbonyl (C=O) groups is 4. The van der Waals surface area contributed by atoms with Crippen molar-refractivity contribution in [2.45, 2.75) is 246 Å². The Morgan fingerprint density at radius 3 is 1.27 bits per heavy atom. The van der Waals surface area contributed by atoms with Gasteiger partial charge in [-0.2, -0.15) is 0 Å². The molecule has 62 heavy (non-hydrogen) atoms. The number of unbranched alkanes of at least 4 members (excludes halogenated alkanes) is 17. The molecule has 1 saturated heterocycles. The van der Waals surface area contributed by atoms with Crippen molar-refractivity contribution >= 4 is 23.9 Å². The van der Waals surface area contributed by atoms with Crippen LogP contribution in [0.25, 0.3) is 0 Å². The summed E-state index contributed by atoms with van der Waals surface area (Å²) < 4.78 is 26.1. The molecule has 2 atom stereocenters. The second-order valence-electron chi connectivity index (χ2n) is 17.2. The van der Waals surface area contributed by atoms with Gasteiger partial charge in [-0.05, 0) is 69.9 Å². The van der Waals surface area contributed by atoms with E-state index in [2.05, 4.69) is 52.0 Å². The Morgan fingerprint density at radius 1 is 0.484 bits per heavy atom. The van der Waals surface area contributed by atoms with Crippen molar-refractivity contribution in [1.29, 1.82) is 0 Å². The first-order valence-electron chi connectivity index (χ1n) is 25.0. The van der Waals surface area contributed by atoms with E-state index in [0.717, 1.165) is 38.5 Å². The van der Waals surface area contributed by atoms with E-state index in [9.17, 15) is 24.3 Å². The van der Waals surface area contributed by atoms with Crippen LogP contribution in [0.1, 0.15) is 226 Å². The minimum Gasteiger partial charge on any atom is -0.466 e. The van der Waals surface area contributed by atoms with E-state index < -0.39 is 36.4 Å². The average molecular weight is 877 g/mol. The lowest BCUT2D eigenvalue weighted by Gasteiger charge is -2.24. The van der Waals surface area contributed by atoms with Gasteiger partial charge in [0.05, 0.1) is 51.5 Å². The number of rotatable bonds is 36. The van der Waals surface area contributed by atoms with Gasteiger partial charge in [-0.1, -0.05) is 174 Å². The molecular weight excluding hydrogens is 785 g/mol. The molecule has 2 rings (SSSR count). The normalized spacial score (nSPS) is 14.1. The van der Waals surface area contributed by atoms with Gasteiger partial charge in [0, 0.05) is 6.42 Å². The monoisotopic (exact) mass is 877 g/mol. The van der Waals surface area contributed by atoms with Crippen LogP contribution in [0.5, 0.6) is 0 Å². The molecule has 1 aliphatic rings. The Morgan fingerprint density at radius 2 is 0.839 bits per heavy atom. The third-order valence-electron chi connectivity index (χ3n) is 11.1. The molecule has 1 aromatic carbocycles. The zero-order valence-corrected chi connectivity index (χ0v) is 40.7. The third kappa shape index (κ3) is 34.5. The topological polar surface area (TPSA) is 138 Å². The minimum absolute atomic E-state index is 0.00229. The van der Waals surface area contributed by atoms with Gasteiger partial charge in [-0.15, -0.1) is 0 Å². The van der Waals surface area contributed by atoms with Crippen molar-refractivity contribution in [3.8, 4) is 0 Å². The van der Waals surface area contributed by atoms with E-state index in [4.69, 9.17) is 23.7 Å². The van der Waals surface area contributed by atoms with E-state index in [0.29, 0.717) is 44.5 Å². The second kappa shape index (κ2) is 40.8. The number of benzene rings is 1. The van der Waals surface area contributed by atoms with Crippen molar-refractivity contribution in [3.05, 3.63) is 35.4 Å². The highest BCUT2D eigenvalue weighted by molar-refractivity contribution is 5.90. The summed E-state index contributed by atoms with van der Waals surface area (Å²) in [4.78, 5) is 47.6. The lowest BCUT2D eigenvalue weighted by atomic mass is 9.95. The maximum absolute atomic E-state index is 12.2. The number of carbonyl (C=O) groups excluding carboxylic acids is 4. The molecule has 0 amide bonds. The van der Waals surface area contributed by atoms with E-state index in [1.165, 1.54) is 114 Å². The molecule has 2 unspecified atom stereocenters. The number of esters is 4. The zero-order chi connectivity index (χ0) is 46.1. The predicted molar refractivity (Wildman–Crippen MR) is 251 cm³/mol. The van der Waals surface area contributed by atoms with Gasteiger partial charge in [0.15, 0.2) is 5.60 Å². The molecule has 0 spiro atoms. The molecule has 0 radical (unpaired) electrons. The van der Waals surface area contributed by atoms with Crippen LogP contribution < -0.4 is 0 Å². The lowest BCUT2D eigenvalue weighted by molar-refractivity contribution is -0.178. The van der Waals surface area contributed by atoms with Gasteiger partial charge in [0.2, 0.25) is 0 Å². The molecule has 0 aliphatic carbocycles. The molecular formula is C52H92O10. The first-order chi connectivity index (χ1) is 30.0. The standard InChI is InChI=1S/C26H50O3.C18H32O7.C8H10/c1-3-5-7-9-12-16-20-24-25(29-24)21-17-13-11-14-18-22-26(27)28-23-19-15-10-8-6-4-2;1-4-7-10-23-15(19)13-18(22,17(21)25-12-9-6-3)14-16(20)24-11-8-5-2;1-7-5-3-4-6-8(7)2/h24-25H,3-23H2,1-2H3;22H,4-14H2,1-3H3;3-6H,1-2H3. The summed E-state index contributed by atoms with van der Waals surface area (Å²) in [5.74, 6) is -2.49. The fourth-order valence-corrected chi connectivity index (χ4v) is 6.65. The smallest absolute Gasteiger partial charge is 0.339 e. The van der Waals surface area contributed by atoms with Crippen molar-refractivity contribution in [2.24, 2.45) is 0 Å². The molecule has 0 bridgehead atoms. The maximum atomic E-state index is 12.2. The van der Waals surface area contributed by atoms with Crippen LogP contribution in [-0.4, -0.2) is 73.2 Å². The Labute approximate surface area is 378 Å². The first-order valence-corrected chi connectivity index (χ1v) is 25.0. The molecule has 1 aromatic rings. The number of hydrogen-bond donors (Lipinski definition) is 1. The van der Waals surface area contributed by atoms with Crippen LogP contribution in [-0.2, 0) is 42.9 Å². The van der Waals surface area contributed by atoms with Crippen LogP contribution in [0.2, 0.25) is 0 Å². The van der Waals surface area contributed by atoms with Gasteiger partial charge in [0.25, 0.3) is 0 Å². The van der Waals surface area contributed by atoms with E-state index >= 15 is 0 Å². The lowest BCUT2D eigenvalue weighted by Crippen LogP contribution is -2.45. The summed E-state index contributed by atoms with van der Waals surface area (Å²) in [5.41, 5.74) is 0.473. The summed E-state index contributed by atoms with van der Waals surface area (Å²) >= 11 is 0. The van der Waals surface area contributed by atoms with Crippen LogP contribution in [0.4, 0.5) is 0 Å². The number of ether oxygens (including phenoxy) is 5. The molecule has 360 valence electrons.